The smallest absolute Gasteiger partial charge is 0.247 e. The van der Waals surface area contributed by atoms with Crippen LogP contribution in [0.3, 0.4) is 0 Å². The Morgan fingerprint density at radius 2 is 2.38 bits per heavy atom. The Morgan fingerprint density at radius 3 is 3.12 bits per heavy atom. The monoisotopic (exact) mass is 216 g/mol. The van der Waals surface area contributed by atoms with Crippen LogP contribution in [0.2, 0.25) is 0 Å². The van der Waals surface area contributed by atoms with Gasteiger partial charge in [-0.1, -0.05) is 12.6 Å². The Morgan fingerprint density at radius 1 is 1.56 bits per heavy atom. The summed E-state index contributed by atoms with van der Waals surface area (Å²) in [6.07, 6.45) is 3.60. The van der Waals surface area contributed by atoms with E-state index in [0.29, 0.717) is 0 Å². The fraction of sp³-hybridized carbons (Fsp3) is 0.308. The summed E-state index contributed by atoms with van der Waals surface area (Å²) in [5, 5.41) is 2.78. The minimum absolute atomic E-state index is 0.168. The van der Waals surface area contributed by atoms with Crippen molar-refractivity contribution in [2.75, 3.05) is 23.8 Å². The summed E-state index contributed by atoms with van der Waals surface area (Å²) in [6.45, 7) is 4.51. The van der Waals surface area contributed by atoms with Crippen molar-refractivity contribution in [3.63, 3.8) is 0 Å². The molecule has 0 unspecified atom stereocenters. The standard InChI is InChI=1S/C13H16N2O/c1-3-13(16)14-11-7-6-10-5-4-8-15(2)12(10)9-11/h3,6-7,9H,1,4-5,8H2,2H3,(H,14,16). The first-order valence-corrected chi connectivity index (χ1v) is 5.48. The average molecular weight is 216 g/mol. The number of benzene rings is 1. The molecule has 1 amide bonds. The number of aryl methyl sites for hydroxylation is 1. The summed E-state index contributed by atoms with van der Waals surface area (Å²) >= 11 is 0. The molecule has 0 radical (unpaired) electrons. The van der Waals surface area contributed by atoms with Crippen LogP contribution in [-0.4, -0.2) is 19.5 Å². The van der Waals surface area contributed by atoms with Crippen molar-refractivity contribution in [1.29, 1.82) is 0 Å². The highest BCUT2D eigenvalue weighted by atomic mass is 16.1. The molecular formula is C13H16N2O. The number of hydrogen-bond donors (Lipinski definition) is 1. The minimum Gasteiger partial charge on any atom is -0.374 e. The van der Waals surface area contributed by atoms with Gasteiger partial charge in [-0.2, -0.15) is 0 Å². The van der Waals surface area contributed by atoms with Crippen LogP contribution in [0.25, 0.3) is 0 Å². The fourth-order valence-corrected chi connectivity index (χ4v) is 2.03. The number of nitrogens with zero attached hydrogens (tertiary/aromatic N) is 1. The number of carbonyl (C=O) groups is 1. The predicted octanol–water partition coefficient (Wildman–Crippen LogP) is 2.19. The molecule has 84 valence electrons. The molecule has 0 aromatic heterocycles. The Bertz CT molecular complexity index is 426. The van der Waals surface area contributed by atoms with Gasteiger partial charge in [-0.3, -0.25) is 4.79 Å². The lowest BCUT2D eigenvalue weighted by Gasteiger charge is -2.27. The molecule has 1 aromatic carbocycles. The molecule has 0 aliphatic carbocycles. The first-order chi connectivity index (χ1) is 7.70. The molecule has 1 N–H and O–H groups in total. The highest BCUT2D eigenvalue weighted by Crippen LogP contribution is 2.28. The molecule has 0 fully saturated rings. The average Bonchev–Trinajstić information content (AvgIpc) is 2.30. The van der Waals surface area contributed by atoms with Crippen LogP contribution in [0.4, 0.5) is 11.4 Å². The van der Waals surface area contributed by atoms with Crippen molar-refractivity contribution in [1.82, 2.24) is 0 Å². The van der Waals surface area contributed by atoms with Gasteiger partial charge < -0.3 is 10.2 Å². The quantitative estimate of drug-likeness (QED) is 0.769. The second kappa shape index (κ2) is 4.39. The summed E-state index contributed by atoms with van der Waals surface area (Å²) in [5.41, 5.74) is 3.40. The summed E-state index contributed by atoms with van der Waals surface area (Å²) in [7, 11) is 2.08. The number of amides is 1. The molecule has 0 atom stereocenters. The maximum absolute atomic E-state index is 11.2. The van der Waals surface area contributed by atoms with Crippen LogP contribution in [0.15, 0.2) is 30.9 Å². The van der Waals surface area contributed by atoms with Gasteiger partial charge in [0, 0.05) is 25.0 Å². The van der Waals surface area contributed by atoms with Gasteiger partial charge in [0.2, 0.25) is 5.91 Å². The van der Waals surface area contributed by atoms with Gasteiger partial charge in [-0.15, -0.1) is 0 Å². The van der Waals surface area contributed by atoms with Gasteiger partial charge >= 0.3 is 0 Å². The summed E-state index contributed by atoms with van der Waals surface area (Å²) in [4.78, 5) is 13.4. The largest absolute Gasteiger partial charge is 0.374 e. The van der Waals surface area contributed by atoms with Crippen molar-refractivity contribution < 1.29 is 4.79 Å². The van der Waals surface area contributed by atoms with Crippen molar-refractivity contribution in [2.45, 2.75) is 12.8 Å². The molecule has 3 heteroatoms. The molecule has 1 heterocycles. The fourth-order valence-electron chi connectivity index (χ4n) is 2.03. The molecule has 3 nitrogen and oxygen atoms in total. The van der Waals surface area contributed by atoms with Crippen LogP contribution >= 0.6 is 0 Å². The zero-order chi connectivity index (χ0) is 11.5. The zero-order valence-electron chi connectivity index (χ0n) is 9.49. The number of rotatable bonds is 2. The molecule has 16 heavy (non-hydrogen) atoms. The van der Waals surface area contributed by atoms with Crippen LogP contribution in [-0.2, 0) is 11.2 Å². The molecule has 0 bridgehead atoms. The van der Waals surface area contributed by atoms with Crippen LogP contribution in [0.5, 0.6) is 0 Å². The van der Waals surface area contributed by atoms with Crippen LogP contribution < -0.4 is 10.2 Å². The highest BCUT2D eigenvalue weighted by Gasteiger charge is 2.13. The SMILES string of the molecule is C=CC(=O)Nc1ccc2c(c1)N(C)CCC2. The third kappa shape index (κ3) is 2.08. The zero-order valence-corrected chi connectivity index (χ0v) is 9.49. The predicted molar refractivity (Wildman–Crippen MR) is 66.9 cm³/mol. The van der Waals surface area contributed by atoms with Gasteiger partial charge in [-0.05, 0) is 36.6 Å². The van der Waals surface area contributed by atoms with Gasteiger partial charge in [-0.25, -0.2) is 0 Å². The van der Waals surface area contributed by atoms with Gasteiger partial charge in [0.1, 0.15) is 0 Å². The van der Waals surface area contributed by atoms with E-state index in [0.717, 1.165) is 18.7 Å². The molecule has 1 aromatic rings. The van der Waals surface area contributed by atoms with E-state index in [9.17, 15) is 4.79 Å². The van der Waals surface area contributed by atoms with Crippen molar-refractivity contribution >= 4 is 17.3 Å². The maximum Gasteiger partial charge on any atom is 0.247 e. The van der Waals surface area contributed by atoms with Crippen molar-refractivity contribution in [3.8, 4) is 0 Å². The van der Waals surface area contributed by atoms with E-state index in [-0.39, 0.29) is 5.91 Å². The van der Waals surface area contributed by atoms with Crippen molar-refractivity contribution in [2.24, 2.45) is 0 Å². The van der Waals surface area contributed by atoms with E-state index >= 15 is 0 Å². The Hall–Kier alpha value is -1.77. The third-order valence-electron chi connectivity index (χ3n) is 2.89. The topological polar surface area (TPSA) is 32.3 Å². The van der Waals surface area contributed by atoms with E-state index in [2.05, 4.69) is 29.9 Å². The maximum atomic E-state index is 11.2. The highest BCUT2D eigenvalue weighted by molar-refractivity contribution is 5.99. The van der Waals surface area contributed by atoms with Crippen molar-refractivity contribution in [3.05, 3.63) is 36.4 Å². The van der Waals surface area contributed by atoms with E-state index in [1.54, 1.807) is 0 Å². The third-order valence-corrected chi connectivity index (χ3v) is 2.89. The molecule has 0 saturated carbocycles. The Kier molecular flexibility index (Phi) is 2.95. The summed E-state index contributed by atoms with van der Waals surface area (Å²) in [5.74, 6) is -0.168. The number of fused-ring (bicyclic) bond motifs is 1. The van der Waals surface area contributed by atoms with E-state index in [1.807, 2.05) is 12.1 Å². The van der Waals surface area contributed by atoms with Gasteiger partial charge in [0.15, 0.2) is 0 Å². The molecule has 1 aliphatic rings. The summed E-state index contributed by atoms with van der Waals surface area (Å²) < 4.78 is 0. The number of carbonyl (C=O) groups excluding carboxylic acids is 1. The second-order valence-corrected chi connectivity index (χ2v) is 4.06. The van der Waals surface area contributed by atoms with E-state index in [4.69, 9.17) is 0 Å². The van der Waals surface area contributed by atoms with Gasteiger partial charge in [0.05, 0.1) is 0 Å². The lowest BCUT2D eigenvalue weighted by molar-refractivity contribution is -0.111. The Balaban J connectivity index is 2.26. The second-order valence-electron chi connectivity index (χ2n) is 4.06. The molecule has 0 saturated heterocycles. The number of anilines is 2. The van der Waals surface area contributed by atoms with Crippen LogP contribution in [0, 0.1) is 0 Å². The lowest BCUT2D eigenvalue weighted by atomic mass is 10.0. The van der Waals surface area contributed by atoms with E-state index < -0.39 is 0 Å². The molecular weight excluding hydrogens is 200 g/mol. The van der Waals surface area contributed by atoms with Gasteiger partial charge in [0.25, 0.3) is 0 Å². The number of hydrogen-bond acceptors (Lipinski definition) is 2. The molecule has 1 aliphatic heterocycles. The molecule has 0 spiro atoms. The molecule has 2 rings (SSSR count). The van der Waals surface area contributed by atoms with E-state index in [1.165, 1.54) is 23.7 Å². The number of nitrogens with one attached hydrogen (secondary N) is 1. The Labute approximate surface area is 95.8 Å². The normalized spacial score (nSPS) is 14.2. The minimum atomic E-state index is -0.168. The first kappa shape index (κ1) is 10.7. The first-order valence-electron chi connectivity index (χ1n) is 5.48. The summed E-state index contributed by atoms with van der Waals surface area (Å²) in [6, 6.07) is 6.05. The van der Waals surface area contributed by atoms with Crippen LogP contribution in [0.1, 0.15) is 12.0 Å². The lowest BCUT2D eigenvalue weighted by Crippen LogP contribution is -2.24.